The number of oxazole rings is 1. The number of rotatable bonds is 3. The molecule has 1 aromatic heterocycles. The van der Waals surface area contributed by atoms with Gasteiger partial charge in [-0.05, 0) is 31.2 Å². The number of nitriles is 1. The molecule has 1 aliphatic rings. The third-order valence-corrected chi connectivity index (χ3v) is 4.97. The Kier molecular flexibility index (Phi) is 5.00. The van der Waals surface area contributed by atoms with Crippen LogP contribution in [0.1, 0.15) is 21.6 Å². The topological polar surface area (TPSA) is 73.4 Å². The molecule has 29 heavy (non-hydrogen) atoms. The van der Waals surface area contributed by atoms with Crippen molar-refractivity contribution in [2.45, 2.75) is 6.92 Å². The van der Waals surface area contributed by atoms with Gasteiger partial charge in [0.15, 0.2) is 0 Å². The molecule has 4 rings (SSSR count). The maximum absolute atomic E-state index is 14.0. The molecule has 6 nitrogen and oxygen atoms in total. The van der Waals surface area contributed by atoms with Gasteiger partial charge in [-0.25, -0.2) is 4.39 Å². The second-order valence-electron chi connectivity index (χ2n) is 6.91. The van der Waals surface area contributed by atoms with Crippen LogP contribution in [0.25, 0.3) is 11.5 Å². The number of benzene rings is 2. The molecule has 0 unspecified atom stereocenters. The fraction of sp³-hybridized carbons (Fsp3) is 0.227. The number of nitrogens with zero attached hydrogens (tertiary/aromatic N) is 4. The van der Waals surface area contributed by atoms with E-state index in [1.165, 1.54) is 6.07 Å². The van der Waals surface area contributed by atoms with E-state index in [9.17, 15) is 14.4 Å². The van der Waals surface area contributed by atoms with E-state index in [2.05, 4.69) is 4.98 Å². The summed E-state index contributed by atoms with van der Waals surface area (Å²) in [6.07, 6.45) is 0. The van der Waals surface area contributed by atoms with Crippen molar-refractivity contribution in [2.24, 2.45) is 0 Å². The average molecular weight is 390 g/mol. The van der Waals surface area contributed by atoms with Gasteiger partial charge < -0.3 is 14.2 Å². The number of piperazine rings is 1. The molecule has 1 fully saturated rings. The fourth-order valence-electron chi connectivity index (χ4n) is 3.34. The molecule has 0 aliphatic carbocycles. The number of anilines is 1. The molecule has 0 saturated carbocycles. The minimum absolute atomic E-state index is 0.0187. The van der Waals surface area contributed by atoms with Gasteiger partial charge in [-0.15, -0.1) is 0 Å². The number of amides is 1. The number of carbonyl (C=O) groups excluding carboxylic acids is 1. The molecule has 0 radical (unpaired) electrons. The van der Waals surface area contributed by atoms with E-state index >= 15 is 0 Å². The molecule has 1 aliphatic heterocycles. The lowest BCUT2D eigenvalue weighted by Crippen LogP contribution is -2.48. The maximum Gasteiger partial charge on any atom is 0.253 e. The van der Waals surface area contributed by atoms with Crippen LogP contribution in [-0.4, -0.2) is 42.0 Å². The Morgan fingerprint density at radius 3 is 2.45 bits per heavy atom. The summed E-state index contributed by atoms with van der Waals surface area (Å²) in [6, 6.07) is 15.7. The highest BCUT2D eigenvalue weighted by Gasteiger charge is 2.27. The van der Waals surface area contributed by atoms with Crippen LogP contribution < -0.4 is 4.90 Å². The minimum Gasteiger partial charge on any atom is -0.419 e. The Labute approximate surface area is 167 Å². The highest BCUT2D eigenvalue weighted by atomic mass is 19.1. The normalized spacial score (nSPS) is 14.0. The summed E-state index contributed by atoms with van der Waals surface area (Å²) in [5.74, 6) is -0.0888. The van der Waals surface area contributed by atoms with Crippen molar-refractivity contribution in [1.82, 2.24) is 9.88 Å². The summed E-state index contributed by atoms with van der Waals surface area (Å²) >= 11 is 0. The van der Waals surface area contributed by atoms with Crippen LogP contribution in [0.4, 0.5) is 10.3 Å². The van der Waals surface area contributed by atoms with Gasteiger partial charge in [0.25, 0.3) is 5.91 Å². The van der Waals surface area contributed by atoms with Crippen LogP contribution in [0.2, 0.25) is 0 Å². The first-order valence-electron chi connectivity index (χ1n) is 9.33. The number of halogens is 1. The predicted octanol–water partition coefficient (Wildman–Crippen LogP) is 3.62. The summed E-state index contributed by atoms with van der Waals surface area (Å²) in [5.41, 5.74) is 2.08. The third-order valence-electron chi connectivity index (χ3n) is 4.97. The van der Waals surface area contributed by atoms with Crippen molar-refractivity contribution in [3.05, 3.63) is 71.2 Å². The van der Waals surface area contributed by atoms with Gasteiger partial charge in [0.1, 0.15) is 11.9 Å². The minimum atomic E-state index is -0.460. The molecule has 1 saturated heterocycles. The van der Waals surface area contributed by atoms with Crippen LogP contribution >= 0.6 is 0 Å². The van der Waals surface area contributed by atoms with Crippen molar-refractivity contribution in [2.75, 3.05) is 31.1 Å². The lowest BCUT2D eigenvalue weighted by Gasteiger charge is -2.34. The zero-order valence-corrected chi connectivity index (χ0v) is 15.9. The van der Waals surface area contributed by atoms with Gasteiger partial charge in [0.05, 0.1) is 5.56 Å². The highest BCUT2D eigenvalue weighted by molar-refractivity contribution is 5.94. The van der Waals surface area contributed by atoms with E-state index in [0.717, 1.165) is 5.56 Å². The zero-order chi connectivity index (χ0) is 20.4. The quantitative estimate of drug-likeness (QED) is 0.683. The van der Waals surface area contributed by atoms with Crippen molar-refractivity contribution in [3.63, 3.8) is 0 Å². The number of carbonyl (C=O) groups is 1. The molecular formula is C22H19FN4O2. The first kappa shape index (κ1) is 18.7. The highest BCUT2D eigenvalue weighted by Crippen LogP contribution is 2.30. The van der Waals surface area contributed by atoms with Crippen LogP contribution in [-0.2, 0) is 0 Å². The van der Waals surface area contributed by atoms with Gasteiger partial charge in [0.2, 0.25) is 17.5 Å². The first-order chi connectivity index (χ1) is 14.1. The summed E-state index contributed by atoms with van der Waals surface area (Å²) in [5, 5.41) is 9.43. The fourth-order valence-corrected chi connectivity index (χ4v) is 3.34. The Bertz CT molecular complexity index is 1080. The van der Waals surface area contributed by atoms with Crippen molar-refractivity contribution in [3.8, 4) is 17.5 Å². The Balaban J connectivity index is 1.50. The van der Waals surface area contributed by atoms with Gasteiger partial charge in [-0.2, -0.15) is 10.2 Å². The summed E-state index contributed by atoms with van der Waals surface area (Å²) in [6.45, 7) is 3.96. The van der Waals surface area contributed by atoms with Crippen LogP contribution in [0, 0.1) is 24.1 Å². The standard InChI is InChI=1S/C22H19FN4O2/c1-15-6-8-16(9-7-15)21(28)26-10-12-27(13-11-26)22-19(14-24)25-20(29-22)17-4-2-3-5-18(17)23/h2-9H,10-13H2,1H3. The van der Waals surface area contributed by atoms with Gasteiger partial charge in [-0.1, -0.05) is 29.8 Å². The molecule has 2 aromatic carbocycles. The largest absolute Gasteiger partial charge is 0.419 e. The number of hydrogen-bond acceptors (Lipinski definition) is 5. The molecule has 3 aromatic rings. The third kappa shape index (κ3) is 3.69. The van der Waals surface area contributed by atoms with E-state index in [-0.39, 0.29) is 23.1 Å². The van der Waals surface area contributed by atoms with E-state index in [4.69, 9.17) is 4.42 Å². The first-order valence-corrected chi connectivity index (χ1v) is 9.33. The van der Waals surface area contributed by atoms with Gasteiger partial charge >= 0.3 is 0 Å². The summed E-state index contributed by atoms with van der Waals surface area (Å²) < 4.78 is 19.8. The maximum atomic E-state index is 14.0. The molecule has 0 spiro atoms. The molecule has 0 N–H and O–H groups in total. The lowest BCUT2D eigenvalue weighted by molar-refractivity contribution is 0.0745. The van der Waals surface area contributed by atoms with Crippen LogP contribution in [0.5, 0.6) is 0 Å². The molecule has 0 bridgehead atoms. The van der Waals surface area contributed by atoms with Crippen molar-refractivity contribution in [1.29, 1.82) is 5.26 Å². The lowest BCUT2D eigenvalue weighted by atomic mass is 10.1. The predicted molar refractivity (Wildman–Crippen MR) is 106 cm³/mol. The molecule has 146 valence electrons. The van der Waals surface area contributed by atoms with E-state index in [0.29, 0.717) is 37.6 Å². The van der Waals surface area contributed by atoms with E-state index < -0.39 is 5.82 Å². The van der Waals surface area contributed by atoms with Crippen molar-refractivity contribution < 1.29 is 13.6 Å². The smallest absolute Gasteiger partial charge is 0.253 e. The molecule has 2 heterocycles. The number of aryl methyl sites for hydroxylation is 1. The van der Waals surface area contributed by atoms with Gasteiger partial charge in [-0.3, -0.25) is 4.79 Å². The van der Waals surface area contributed by atoms with E-state index in [1.807, 2.05) is 42.2 Å². The second kappa shape index (κ2) is 7.76. The summed E-state index contributed by atoms with van der Waals surface area (Å²) in [7, 11) is 0. The van der Waals surface area contributed by atoms with Crippen molar-refractivity contribution >= 4 is 11.8 Å². The second-order valence-corrected chi connectivity index (χ2v) is 6.91. The van der Waals surface area contributed by atoms with Crippen LogP contribution in [0.3, 0.4) is 0 Å². The Morgan fingerprint density at radius 2 is 1.79 bits per heavy atom. The Morgan fingerprint density at radius 1 is 1.10 bits per heavy atom. The summed E-state index contributed by atoms with van der Waals surface area (Å²) in [4.78, 5) is 20.5. The number of hydrogen-bond donors (Lipinski definition) is 0. The van der Waals surface area contributed by atoms with Gasteiger partial charge in [0, 0.05) is 31.7 Å². The number of aromatic nitrogens is 1. The molecule has 1 amide bonds. The zero-order valence-electron chi connectivity index (χ0n) is 15.9. The van der Waals surface area contributed by atoms with E-state index in [1.54, 1.807) is 23.1 Å². The Hall–Kier alpha value is -3.66. The molecular weight excluding hydrogens is 371 g/mol. The SMILES string of the molecule is Cc1ccc(C(=O)N2CCN(c3oc(-c4ccccc4F)nc3C#N)CC2)cc1. The average Bonchev–Trinajstić information content (AvgIpc) is 3.18. The molecule has 7 heteroatoms. The van der Waals surface area contributed by atoms with Crippen LogP contribution in [0.15, 0.2) is 52.9 Å². The monoisotopic (exact) mass is 390 g/mol. The molecule has 0 atom stereocenters.